The van der Waals surface area contributed by atoms with E-state index in [0.29, 0.717) is 28.8 Å². The van der Waals surface area contributed by atoms with E-state index in [4.69, 9.17) is 14.2 Å². The van der Waals surface area contributed by atoms with Crippen LogP contribution in [-0.4, -0.2) is 42.9 Å². The van der Waals surface area contributed by atoms with Crippen molar-refractivity contribution in [3.05, 3.63) is 58.5 Å². The molecule has 0 aliphatic carbocycles. The van der Waals surface area contributed by atoms with E-state index in [1.165, 1.54) is 4.90 Å². The average Bonchev–Trinajstić information content (AvgIpc) is 3.03. The van der Waals surface area contributed by atoms with Crippen molar-refractivity contribution in [2.45, 2.75) is 26.7 Å². The lowest BCUT2D eigenvalue weighted by Crippen LogP contribution is -2.32. The minimum absolute atomic E-state index is 0.198. The lowest BCUT2D eigenvalue weighted by molar-refractivity contribution is -0.123. The number of amides is 2. The van der Waals surface area contributed by atoms with E-state index >= 15 is 0 Å². The standard InChI is InChI=1S/C24H27NO5S/c1-4-5-13-30-20-11-8-18(15-21(20)28-3)16-22-23(26)25(24(27)31-22)12-14-29-19-9-6-17(2)7-10-19/h6-11,15-16H,4-5,12-14H2,1-3H3/b22-16-. The van der Waals surface area contributed by atoms with Crippen LogP contribution < -0.4 is 14.2 Å². The number of methoxy groups -OCH3 is 1. The lowest BCUT2D eigenvalue weighted by Gasteiger charge is -2.13. The number of carbonyl (C=O) groups excluding carboxylic acids is 2. The molecule has 0 radical (unpaired) electrons. The first-order valence-corrected chi connectivity index (χ1v) is 11.1. The van der Waals surface area contributed by atoms with E-state index in [2.05, 4.69) is 6.92 Å². The molecule has 7 heteroatoms. The van der Waals surface area contributed by atoms with Crippen LogP contribution >= 0.6 is 11.8 Å². The highest BCUT2D eigenvalue weighted by Crippen LogP contribution is 2.34. The van der Waals surface area contributed by atoms with Gasteiger partial charge in [0, 0.05) is 0 Å². The van der Waals surface area contributed by atoms with Gasteiger partial charge in [-0.3, -0.25) is 14.5 Å². The molecule has 6 nitrogen and oxygen atoms in total. The highest BCUT2D eigenvalue weighted by atomic mass is 32.2. The maximum absolute atomic E-state index is 12.7. The Bertz CT molecular complexity index is 955. The molecule has 3 rings (SSSR count). The van der Waals surface area contributed by atoms with Crippen LogP contribution in [0.25, 0.3) is 6.08 Å². The van der Waals surface area contributed by atoms with Crippen LogP contribution in [0.1, 0.15) is 30.9 Å². The lowest BCUT2D eigenvalue weighted by atomic mass is 10.2. The number of nitrogens with zero attached hydrogens (tertiary/aromatic N) is 1. The molecule has 1 heterocycles. The van der Waals surface area contributed by atoms with Crippen LogP contribution in [0, 0.1) is 6.92 Å². The van der Waals surface area contributed by atoms with Gasteiger partial charge in [-0.2, -0.15) is 0 Å². The quantitative estimate of drug-likeness (QED) is 0.368. The summed E-state index contributed by atoms with van der Waals surface area (Å²) >= 11 is 0.930. The smallest absolute Gasteiger partial charge is 0.293 e. The van der Waals surface area contributed by atoms with Crippen LogP contribution in [0.15, 0.2) is 47.4 Å². The summed E-state index contributed by atoms with van der Waals surface area (Å²) in [6.07, 6.45) is 3.71. The Kier molecular flexibility index (Phi) is 8.00. The molecule has 0 bridgehead atoms. The van der Waals surface area contributed by atoms with Gasteiger partial charge >= 0.3 is 0 Å². The fraction of sp³-hybridized carbons (Fsp3) is 0.333. The number of hydrogen-bond acceptors (Lipinski definition) is 6. The SMILES string of the molecule is CCCCOc1ccc(/C=C2\SC(=O)N(CCOc3ccc(C)cc3)C2=O)cc1OC. The molecule has 1 aliphatic rings. The summed E-state index contributed by atoms with van der Waals surface area (Å²) in [7, 11) is 1.58. The van der Waals surface area contributed by atoms with Crippen molar-refractivity contribution in [3.63, 3.8) is 0 Å². The molecule has 31 heavy (non-hydrogen) atoms. The molecule has 0 N–H and O–H groups in total. The van der Waals surface area contributed by atoms with E-state index in [0.717, 1.165) is 35.7 Å². The van der Waals surface area contributed by atoms with Crippen molar-refractivity contribution in [2.24, 2.45) is 0 Å². The first-order valence-electron chi connectivity index (χ1n) is 10.3. The molecule has 0 aromatic heterocycles. The Morgan fingerprint density at radius 3 is 2.48 bits per heavy atom. The van der Waals surface area contributed by atoms with Gasteiger partial charge in [0.15, 0.2) is 11.5 Å². The van der Waals surface area contributed by atoms with Gasteiger partial charge in [-0.1, -0.05) is 37.1 Å². The van der Waals surface area contributed by atoms with Crippen LogP contribution in [0.5, 0.6) is 17.2 Å². The van der Waals surface area contributed by atoms with Gasteiger partial charge in [0.05, 0.1) is 25.2 Å². The van der Waals surface area contributed by atoms with Crippen molar-refractivity contribution in [1.29, 1.82) is 0 Å². The maximum atomic E-state index is 12.7. The zero-order valence-corrected chi connectivity index (χ0v) is 18.9. The predicted octanol–water partition coefficient (Wildman–Crippen LogP) is 5.30. The fourth-order valence-corrected chi connectivity index (χ4v) is 3.82. The van der Waals surface area contributed by atoms with Gasteiger partial charge in [-0.25, -0.2) is 0 Å². The summed E-state index contributed by atoms with van der Waals surface area (Å²) in [5.41, 5.74) is 1.90. The second-order valence-corrected chi connectivity index (χ2v) is 8.10. The zero-order chi connectivity index (χ0) is 22.2. The molecule has 2 amide bonds. The van der Waals surface area contributed by atoms with Crippen LogP contribution in [0.2, 0.25) is 0 Å². The number of imide groups is 1. The first-order chi connectivity index (χ1) is 15.0. The molecule has 1 fully saturated rings. The van der Waals surface area contributed by atoms with E-state index in [9.17, 15) is 9.59 Å². The summed E-state index contributed by atoms with van der Waals surface area (Å²) in [5, 5.41) is -0.296. The van der Waals surface area contributed by atoms with Gasteiger partial charge in [-0.15, -0.1) is 0 Å². The van der Waals surface area contributed by atoms with Crippen molar-refractivity contribution >= 4 is 29.0 Å². The van der Waals surface area contributed by atoms with E-state index in [1.807, 2.05) is 43.3 Å². The Morgan fingerprint density at radius 2 is 1.77 bits per heavy atom. The Labute approximate surface area is 187 Å². The van der Waals surface area contributed by atoms with Gasteiger partial charge in [0.1, 0.15) is 12.4 Å². The number of hydrogen-bond donors (Lipinski definition) is 0. The molecule has 2 aromatic rings. The Morgan fingerprint density at radius 1 is 1.00 bits per heavy atom. The third-order valence-corrected chi connectivity index (χ3v) is 5.63. The van der Waals surface area contributed by atoms with Crippen LogP contribution in [0.3, 0.4) is 0 Å². The summed E-state index contributed by atoms with van der Waals surface area (Å²) < 4.78 is 16.8. The van der Waals surface area contributed by atoms with E-state index < -0.39 is 0 Å². The number of rotatable bonds is 10. The van der Waals surface area contributed by atoms with Gasteiger partial charge in [-0.05, 0) is 61.0 Å². The molecular weight excluding hydrogens is 414 g/mol. The van der Waals surface area contributed by atoms with Crippen LogP contribution in [-0.2, 0) is 4.79 Å². The predicted molar refractivity (Wildman–Crippen MR) is 123 cm³/mol. The Hall–Kier alpha value is -2.93. The second kappa shape index (κ2) is 10.9. The minimum Gasteiger partial charge on any atom is -0.493 e. The molecule has 2 aromatic carbocycles. The molecule has 1 saturated heterocycles. The largest absolute Gasteiger partial charge is 0.493 e. The van der Waals surface area contributed by atoms with Gasteiger partial charge in [0.25, 0.3) is 11.1 Å². The number of unbranched alkanes of at least 4 members (excludes halogenated alkanes) is 1. The van der Waals surface area contributed by atoms with Gasteiger partial charge in [0.2, 0.25) is 0 Å². The molecule has 0 atom stereocenters. The molecule has 1 aliphatic heterocycles. The highest BCUT2D eigenvalue weighted by Gasteiger charge is 2.34. The highest BCUT2D eigenvalue weighted by molar-refractivity contribution is 8.18. The van der Waals surface area contributed by atoms with Crippen molar-refractivity contribution in [3.8, 4) is 17.2 Å². The third-order valence-electron chi connectivity index (χ3n) is 4.72. The molecule has 0 unspecified atom stereocenters. The summed E-state index contributed by atoms with van der Waals surface area (Å²) in [6.45, 7) is 5.16. The average molecular weight is 442 g/mol. The minimum atomic E-state index is -0.315. The van der Waals surface area contributed by atoms with Gasteiger partial charge < -0.3 is 14.2 Å². The molecule has 0 spiro atoms. The monoisotopic (exact) mass is 441 g/mol. The first kappa shape index (κ1) is 22.7. The number of carbonyl (C=O) groups is 2. The molecule has 0 saturated carbocycles. The summed E-state index contributed by atoms with van der Waals surface area (Å²) in [6, 6.07) is 13.1. The van der Waals surface area contributed by atoms with E-state index in [-0.39, 0.29) is 24.3 Å². The number of aryl methyl sites for hydroxylation is 1. The number of thioether (sulfide) groups is 1. The second-order valence-electron chi connectivity index (χ2n) is 7.11. The fourth-order valence-electron chi connectivity index (χ4n) is 2.95. The normalized spacial score (nSPS) is 14.9. The maximum Gasteiger partial charge on any atom is 0.293 e. The third kappa shape index (κ3) is 6.04. The number of ether oxygens (including phenoxy) is 3. The number of benzene rings is 2. The topological polar surface area (TPSA) is 65.1 Å². The van der Waals surface area contributed by atoms with Crippen molar-refractivity contribution in [1.82, 2.24) is 4.90 Å². The molecule has 164 valence electrons. The summed E-state index contributed by atoms with van der Waals surface area (Å²) in [4.78, 5) is 26.6. The van der Waals surface area contributed by atoms with Crippen molar-refractivity contribution < 1.29 is 23.8 Å². The van der Waals surface area contributed by atoms with E-state index in [1.54, 1.807) is 19.3 Å². The molecular formula is C24H27NO5S. The zero-order valence-electron chi connectivity index (χ0n) is 18.1. The summed E-state index contributed by atoms with van der Waals surface area (Å²) in [5.74, 6) is 1.65. The van der Waals surface area contributed by atoms with Crippen LogP contribution in [0.4, 0.5) is 4.79 Å². The Balaban J connectivity index is 1.63. The van der Waals surface area contributed by atoms with Crippen molar-refractivity contribution in [2.75, 3.05) is 26.9 Å².